The van der Waals surface area contributed by atoms with Crippen LogP contribution in [0.2, 0.25) is 0 Å². The number of nitro benzene ring substituents is 1. The van der Waals surface area contributed by atoms with E-state index >= 15 is 0 Å². The molecule has 7 nitrogen and oxygen atoms in total. The summed E-state index contributed by atoms with van der Waals surface area (Å²) in [5.74, 6) is 0.787. The minimum Gasteiger partial charge on any atom is -0.339 e. The molecule has 1 amide bonds. The molecule has 2 aliphatic rings. The van der Waals surface area contributed by atoms with Crippen molar-refractivity contribution in [3.05, 3.63) is 69.4 Å². The number of amides is 1. The van der Waals surface area contributed by atoms with Gasteiger partial charge in [-0.2, -0.15) is 0 Å². The molecule has 1 N–H and O–H groups in total. The maximum atomic E-state index is 13.1. The van der Waals surface area contributed by atoms with Crippen LogP contribution < -0.4 is 5.32 Å². The number of carbonyl (C=O) groups excluding carboxylic acids is 1. The van der Waals surface area contributed by atoms with Gasteiger partial charge >= 0.3 is 0 Å². The third-order valence-corrected chi connectivity index (χ3v) is 6.66. The van der Waals surface area contributed by atoms with E-state index in [4.69, 9.17) is 0 Å². The molecule has 0 bridgehead atoms. The second-order valence-corrected chi connectivity index (χ2v) is 8.67. The molecule has 0 saturated carbocycles. The van der Waals surface area contributed by atoms with E-state index < -0.39 is 0 Å². The third kappa shape index (κ3) is 3.49. The van der Waals surface area contributed by atoms with Crippen molar-refractivity contribution in [2.45, 2.75) is 32.7 Å². The zero-order chi connectivity index (χ0) is 21.5. The van der Waals surface area contributed by atoms with Gasteiger partial charge in [-0.3, -0.25) is 14.9 Å². The lowest BCUT2D eigenvalue weighted by Crippen LogP contribution is -2.37. The smallest absolute Gasteiger partial charge is 0.269 e. The van der Waals surface area contributed by atoms with E-state index in [-0.39, 0.29) is 16.5 Å². The van der Waals surface area contributed by atoms with Gasteiger partial charge in [0.05, 0.1) is 10.4 Å². The van der Waals surface area contributed by atoms with E-state index in [0.29, 0.717) is 5.92 Å². The van der Waals surface area contributed by atoms with Crippen LogP contribution in [0.1, 0.15) is 41.4 Å². The molecule has 1 fully saturated rings. The van der Waals surface area contributed by atoms with E-state index in [9.17, 15) is 14.9 Å². The van der Waals surface area contributed by atoms with Crippen molar-refractivity contribution < 1.29 is 9.72 Å². The fourth-order valence-electron chi connectivity index (χ4n) is 4.83. The maximum Gasteiger partial charge on any atom is 0.269 e. The minimum absolute atomic E-state index is 0.0829. The summed E-state index contributed by atoms with van der Waals surface area (Å²) in [5.41, 5.74) is 5.17. The number of nitrogens with one attached hydrogen (secondary N) is 1. The maximum absolute atomic E-state index is 13.1. The van der Waals surface area contributed by atoms with Crippen LogP contribution in [0, 0.1) is 16.0 Å². The lowest BCUT2D eigenvalue weighted by Gasteiger charge is -2.30. The largest absolute Gasteiger partial charge is 0.339 e. The number of benzene rings is 2. The number of hydrogen-bond acceptors (Lipinski definition) is 4. The van der Waals surface area contributed by atoms with Crippen LogP contribution in [0.25, 0.3) is 16.6 Å². The molecular formula is C24H26N4O3. The first-order valence-corrected chi connectivity index (χ1v) is 10.9. The molecule has 5 rings (SSSR count). The van der Waals surface area contributed by atoms with Crippen LogP contribution in [0.15, 0.2) is 42.5 Å². The summed E-state index contributed by atoms with van der Waals surface area (Å²) in [7, 11) is 0. The molecule has 2 aliphatic heterocycles. The predicted octanol–water partition coefficient (Wildman–Crippen LogP) is 4.06. The summed E-state index contributed by atoms with van der Waals surface area (Å²) in [6, 6.07) is 12.7. The molecule has 31 heavy (non-hydrogen) atoms. The van der Waals surface area contributed by atoms with Crippen molar-refractivity contribution in [3.8, 4) is 5.69 Å². The average molecular weight is 418 g/mol. The zero-order valence-electron chi connectivity index (χ0n) is 17.6. The van der Waals surface area contributed by atoms with E-state index in [1.165, 1.54) is 11.3 Å². The van der Waals surface area contributed by atoms with Gasteiger partial charge in [0, 0.05) is 67.1 Å². The highest BCUT2D eigenvalue weighted by Crippen LogP contribution is 2.33. The Kier molecular flexibility index (Phi) is 4.98. The second kappa shape index (κ2) is 7.81. The highest BCUT2D eigenvalue weighted by atomic mass is 16.6. The number of aromatic nitrogens is 1. The Bertz CT molecular complexity index is 1160. The molecule has 3 heterocycles. The quantitative estimate of drug-likeness (QED) is 0.514. The van der Waals surface area contributed by atoms with Gasteiger partial charge in [-0.15, -0.1) is 0 Å². The van der Waals surface area contributed by atoms with Gasteiger partial charge in [0.15, 0.2) is 0 Å². The van der Waals surface area contributed by atoms with Crippen molar-refractivity contribution in [1.82, 2.24) is 14.8 Å². The van der Waals surface area contributed by atoms with Crippen LogP contribution in [-0.4, -0.2) is 39.9 Å². The molecule has 0 radical (unpaired) electrons. The average Bonchev–Trinajstić information content (AvgIpc) is 3.13. The first-order chi connectivity index (χ1) is 15.0. The fourth-order valence-corrected chi connectivity index (χ4v) is 4.83. The normalized spacial score (nSPS) is 17.0. The van der Waals surface area contributed by atoms with Gasteiger partial charge in [0.1, 0.15) is 0 Å². The highest BCUT2D eigenvalue weighted by molar-refractivity contribution is 5.99. The van der Waals surface area contributed by atoms with Gasteiger partial charge in [0.25, 0.3) is 11.6 Å². The molecule has 2 aromatic carbocycles. The molecule has 1 saturated heterocycles. The van der Waals surface area contributed by atoms with Gasteiger partial charge in [0.2, 0.25) is 0 Å². The van der Waals surface area contributed by atoms with E-state index in [2.05, 4.69) is 16.8 Å². The molecule has 0 unspecified atom stereocenters. The standard InChI is InChI=1S/C24H26N4O3/c1-16-9-12-26(13-10-16)24(29)17-2-7-22-20(14-17)21-15-25-11-8-23(21)27(22)18-3-5-19(6-4-18)28(30)31/h2-7,14,16,25H,8-13,15H2,1H3. The van der Waals surface area contributed by atoms with Crippen molar-refractivity contribution in [2.75, 3.05) is 19.6 Å². The summed E-state index contributed by atoms with van der Waals surface area (Å²) in [6.07, 6.45) is 2.99. The zero-order valence-corrected chi connectivity index (χ0v) is 17.6. The van der Waals surface area contributed by atoms with E-state index in [1.54, 1.807) is 24.3 Å². The molecule has 1 aromatic heterocycles. The first kappa shape index (κ1) is 19.8. The number of nitrogens with zero attached hydrogens (tertiary/aromatic N) is 3. The highest BCUT2D eigenvalue weighted by Gasteiger charge is 2.25. The molecule has 0 atom stereocenters. The summed E-state index contributed by atoms with van der Waals surface area (Å²) in [4.78, 5) is 25.8. The summed E-state index contributed by atoms with van der Waals surface area (Å²) >= 11 is 0. The number of likely N-dealkylation sites (tertiary alicyclic amines) is 1. The molecule has 7 heteroatoms. The summed E-state index contributed by atoms with van der Waals surface area (Å²) in [6.45, 7) is 5.52. The Morgan fingerprint density at radius 3 is 2.58 bits per heavy atom. The summed E-state index contributed by atoms with van der Waals surface area (Å²) in [5, 5.41) is 15.6. The van der Waals surface area contributed by atoms with Crippen LogP contribution in [0.3, 0.4) is 0 Å². The van der Waals surface area contributed by atoms with Crippen LogP contribution >= 0.6 is 0 Å². The topological polar surface area (TPSA) is 80.4 Å². The van der Waals surface area contributed by atoms with Crippen molar-refractivity contribution in [3.63, 3.8) is 0 Å². The Hall–Kier alpha value is -3.19. The van der Waals surface area contributed by atoms with E-state index in [0.717, 1.165) is 67.6 Å². The number of non-ortho nitro benzene ring substituents is 1. The van der Waals surface area contributed by atoms with Crippen LogP contribution in [0.5, 0.6) is 0 Å². The van der Waals surface area contributed by atoms with Gasteiger partial charge in [-0.25, -0.2) is 0 Å². The van der Waals surface area contributed by atoms with Crippen molar-refractivity contribution in [1.29, 1.82) is 0 Å². The number of piperidine rings is 1. The number of hydrogen-bond donors (Lipinski definition) is 1. The van der Waals surface area contributed by atoms with E-state index in [1.807, 2.05) is 23.1 Å². The Labute approximate surface area is 180 Å². The molecule has 3 aromatic rings. The number of rotatable bonds is 3. The Morgan fingerprint density at radius 2 is 1.87 bits per heavy atom. The van der Waals surface area contributed by atoms with Crippen molar-refractivity contribution >= 4 is 22.5 Å². The Morgan fingerprint density at radius 1 is 1.13 bits per heavy atom. The summed E-state index contributed by atoms with van der Waals surface area (Å²) < 4.78 is 2.19. The lowest BCUT2D eigenvalue weighted by atomic mass is 9.98. The van der Waals surface area contributed by atoms with Gasteiger partial charge < -0.3 is 14.8 Å². The second-order valence-electron chi connectivity index (χ2n) is 8.67. The lowest BCUT2D eigenvalue weighted by molar-refractivity contribution is -0.384. The van der Waals surface area contributed by atoms with Crippen LogP contribution in [-0.2, 0) is 13.0 Å². The molecular weight excluding hydrogens is 392 g/mol. The molecule has 160 valence electrons. The first-order valence-electron chi connectivity index (χ1n) is 10.9. The number of carbonyl (C=O) groups is 1. The number of fused-ring (bicyclic) bond motifs is 3. The van der Waals surface area contributed by atoms with Crippen molar-refractivity contribution in [2.24, 2.45) is 5.92 Å². The molecule has 0 aliphatic carbocycles. The Balaban J connectivity index is 1.58. The minimum atomic E-state index is -0.379. The fraction of sp³-hybridized carbons (Fsp3) is 0.375. The van der Waals surface area contributed by atoms with Gasteiger partial charge in [-0.1, -0.05) is 6.92 Å². The third-order valence-electron chi connectivity index (χ3n) is 6.66. The van der Waals surface area contributed by atoms with Gasteiger partial charge in [-0.05, 0) is 54.7 Å². The predicted molar refractivity (Wildman–Crippen MR) is 120 cm³/mol. The SMILES string of the molecule is CC1CCN(C(=O)c2ccc3c(c2)c2c(n3-c3ccc([N+](=O)[O-])cc3)CCNC2)CC1. The number of nitro groups is 1. The van der Waals surface area contributed by atoms with Crippen LogP contribution in [0.4, 0.5) is 5.69 Å². The monoisotopic (exact) mass is 418 g/mol. The molecule has 0 spiro atoms.